The quantitative estimate of drug-likeness (QED) is 0.0345. The molecular formula is C54H104O6. The molecule has 1 unspecified atom stereocenters. The first-order valence-corrected chi connectivity index (χ1v) is 26.8. The van der Waals surface area contributed by atoms with E-state index in [-0.39, 0.29) is 31.1 Å². The second kappa shape index (κ2) is 46.9. The van der Waals surface area contributed by atoms with E-state index in [0.29, 0.717) is 19.3 Å². The third-order valence-corrected chi connectivity index (χ3v) is 12.6. The highest BCUT2D eigenvalue weighted by Crippen LogP contribution is 2.18. The monoisotopic (exact) mass is 849 g/mol. The molecule has 0 amide bonds. The Bertz CT molecular complexity index is 918. The van der Waals surface area contributed by atoms with E-state index in [1.165, 1.54) is 186 Å². The molecule has 0 fully saturated rings. The fourth-order valence-corrected chi connectivity index (χ4v) is 8.13. The van der Waals surface area contributed by atoms with Gasteiger partial charge in [-0.2, -0.15) is 0 Å². The van der Waals surface area contributed by atoms with Crippen molar-refractivity contribution in [1.29, 1.82) is 0 Å². The molecule has 0 aromatic rings. The summed E-state index contributed by atoms with van der Waals surface area (Å²) in [4.78, 5) is 37.9. The molecule has 0 rings (SSSR count). The summed E-state index contributed by atoms with van der Waals surface area (Å²) in [6.45, 7) is 11.4. The van der Waals surface area contributed by atoms with Crippen LogP contribution < -0.4 is 0 Å². The van der Waals surface area contributed by atoms with Crippen LogP contribution in [0.1, 0.15) is 298 Å². The van der Waals surface area contributed by atoms with E-state index in [1.807, 2.05) is 0 Å². The highest BCUT2D eigenvalue weighted by Gasteiger charge is 2.19. The number of carbonyl (C=O) groups excluding carboxylic acids is 3. The Morgan fingerprint density at radius 1 is 0.350 bits per heavy atom. The minimum atomic E-state index is -0.762. The first-order chi connectivity index (χ1) is 29.3. The van der Waals surface area contributed by atoms with Gasteiger partial charge in [-0.25, -0.2) is 0 Å². The van der Waals surface area contributed by atoms with Gasteiger partial charge in [0.05, 0.1) is 0 Å². The third kappa shape index (κ3) is 45.9. The number of rotatable bonds is 48. The number of esters is 3. The molecule has 0 spiro atoms. The molecule has 356 valence electrons. The largest absolute Gasteiger partial charge is 0.462 e. The van der Waals surface area contributed by atoms with Crippen molar-refractivity contribution >= 4 is 17.9 Å². The zero-order valence-electron chi connectivity index (χ0n) is 41.1. The highest BCUT2D eigenvalue weighted by molar-refractivity contribution is 5.71. The SMILES string of the molecule is CCCCCCCCCCCCCCCCC(=O)OC[C@H](COC(=O)CCCCCCCCCCCCCCCCCC(C)C)OC(=O)CCCCCCCCC(C)CC. The maximum Gasteiger partial charge on any atom is 0.306 e. The van der Waals surface area contributed by atoms with E-state index >= 15 is 0 Å². The molecule has 6 nitrogen and oxygen atoms in total. The van der Waals surface area contributed by atoms with Gasteiger partial charge in [0.2, 0.25) is 0 Å². The predicted octanol–water partition coefficient (Wildman–Crippen LogP) is 17.3. The number of unbranched alkanes of at least 4 members (excludes halogenated alkanes) is 32. The number of carbonyl (C=O) groups is 3. The molecule has 0 N–H and O–H groups in total. The first-order valence-electron chi connectivity index (χ1n) is 26.8. The van der Waals surface area contributed by atoms with Crippen molar-refractivity contribution in [1.82, 2.24) is 0 Å². The molecule has 2 atom stereocenters. The summed E-state index contributed by atoms with van der Waals surface area (Å²) in [5, 5.41) is 0. The number of hydrogen-bond acceptors (Lipinski definition) is 6. The van der Waals surface area contributed by atoms with Crippen LogP contribution in [0.2, 0.25) is 0 Å². The van der Waals surface area contributed by atoms with Crippen LogP contribution in [-0.4, -0.2) is 37.2 Å². The van der Waals surface area contributed by atoms with Gasteiger partial charge < -0.3 is 14.2 Å². The van der Waals surface area contributed by atoms with Crippen molar-refractivity contribution in [3.8, 4) is 0 Å². The summed E-state index contributed by atoms with van der Waals surface area (Å²) >= 11 is 0. The summed E-state index contributed by atoms with van der Waals surface area (Å²) in [5.41, 5.74) is 0. The molecule has 0 aliphatic rings. The minimum Gasteiger partial charge on any atom is -0.462 e. The lowest BCUT2D eigenvalue weighted by Crippen LogP contribution is -2.30. The molecule has 0 aliphatic carbocycles. The molecule has 0 aromatic carbocycles. The van der Waals surface area contributed by atoms with Crippen LogP contribution in [0.5, 0.6) is 0 Å². The summed E-state index contributed by atoms with van der Waals surface area (Å²) in [5.74, 6) is 0.810. The average molecular weight is 849 g/mol. The van der Waals surface area contributed by atoms with E-state index in [1.54, 1.807) is 0 Å². The molecule has 0 aliphatic heterocycles. The van der Waals surface area contributed by atoms with Crippen LogP contribution >= 0.6 is 0 Å². The van der Waals surface area contributed by atoms with Gasteiger partial charge in [0.15, 0.2) is 6.10 Å². The van der Waals surface area contributed by atoms with Crippen LogP contribution in [0.25, 0.3) is 0 Å². The second-order valence-electron chi connectivity index (χ2n) is 19.2. The Morgan fingerprint density at radius 3 is 0.950 bits per heavy atom. The normalized spacial score (nSPS) is 12.5. The Balaban J connectivity index is 4.25. The fraction of sp³-hybridized carbons (Fsp3) is 0.944. The van der Waals surface area contributed by atoms with E-state index in [4.69, 9.17) is 14.2 Å². The smallest absolute Gasteiger partial charge is 0.306 e. The van der Waals surface area contributed by atoms with Gasteiger partial charge in [-0.05, 0) is 31.1 Å². The van der Waals surface area contributed by atoms with E-state index in [0.717, 1.165) is 69.6 Å². The Labute approximate surface area is 374 Å². The lowest BCUT2D eigenvalue weighted by molar-refractivity contribution is -0.167. The van der Waals surface area contributed by atoms with Gasteiger partial charge in [0.1, 0.15) is 13.2 Å². The Kier molecular flexibility index (Phi) is 45.7. The molecule has 0 bridgehead atoms. The van der Waals surface area contributed by atoms with Crippen molar-refractivity contribution in [2.75, 3.05) is 13.2 Å². The van der Waals surface area contributed by atoms with E-state index in [9.17, 15) is 14.4 Å². The number of hydrogen-bond donors (Lipinski definition) is 0. The zero-order valence-corrected chi connectivity index (χ0v) is 41.1. The second-order valence-corrected chi connectivity index (χ2v) is 19.2. The standard InChI is InChI=1S/C54H104O6/c1-6-8-9-10-11-12-13-14-19-22-25-28-34-39-44-52(55)58-47-51(60-54(57)46-41-36-31-30-33-38-43-50(5)7-2)48-59-53(56)45-40-35-29-26-23-20-17-15-16-18-21-24-27-32-37-42-49(3)4/h49-51H,6-48H2,1-5H3/t50?,51-/m1/s1. The van der Waals surface area contributed by atoms with E-state index < -0.39 is 6.10 Å². The predicted molar refractivity (Wildman–Crippen MR) is 256 cm³/mol. The van der Waals surface area contributed by atoms with Crippen LogP contribution in [0.3, 0.4) is 0 Å². The molecule has 0 heterocycles. The average Bonchev–Trinajstić information content (AvgIpc) is 3.23. The van der Waals surface area contributed by atoms with Crippen molar-refractivity contribution in [3.63, 3.8) is 0 Å². The molecule has 0 radical (unpaired) electrons. The molecule has 60 heavy (non-hydrogen) atoms. The molecule has 0 aromatic heterocycles. The minimum absolute atomic E-state index is 0.0643. The fourth-order valence-electron chi connectivity index (χ4n) is 8.13. The van der Waals surface area contributed by atoms with Gasteiger partial charge in [-0.1, -0.05) is 259 Å². The van der Waals surface area contributed by atoms with Gasteiger partial charge in [0, 0.05) is 19.3 Å². The third-order valence-electron chi connectivity index (χ3n) is 12.6. The van der Waals surface area contributed by atoms with Crippen LogP contribution in [0.15, 0.2) is 0 Å². The van der Waals surface area contributed by atoms with E-state index in [2.05, 4.69) is 34.6 Å². The lowest BCUT2D eigenvalue weighted by atomic mass is 10.00. The van der Waals surface area contributed by atoms with Gasteiger partial charge in [0.25, 0.3) is 0 Å². The Hall–Kier alpha value is -1.59. The Morgan fingerprint density at radius 2 is 0.633 bits per heavy atom. The molecule has 0 saturated carbocycles. The van der Waals surface area contributed by atoms with Crippen molar-refractivity contribution in [2.24, 2.45) is 11.8 Å². The molecule has 6 heteroatoms. The van der Waals surface area contributed by atoms with Crippen LogP contribution in [0.4, 0.5) is 0 Å². The van der Waals surface area contributed by atoms with Crippen LogP contribution in [0, 0.1) is 11.8 Å². The number of ether oxygens (including phenoxy) is 3. The van der Waals surface area contributed by atoms with Gasteiger partial charge in [-0.3, -0.25) is 14.4 Å². The summed E-state index contributed by atoms with van der Waals surface area (Å²) in [6, 6.07) is 0. The summed E-state index contributed by atoms with van der Waals surface area (Å²) < 4.78 is 16.8. The van der Waals surface area contributed by atoms with Crippen LogP contribution in [-0.2, 0) is 28.6 Å². The van der Waals surface area contributed by atoms with Crippen molar-refractivity contribution in [3.05, 3.63) is 0 Å². The summed E-state index contributed by atoms with van der Waals surface area (Å²) in [7, 11) is 0. The molecule has 0 saturated heterocycles. The maximum absolute atomic E-state index is 12.8. The first kappa shape index (κ1) is 58.4. The van der Waals surface area contributed by atoms with Gasteiger partial charge >= 0.3 is 17.9 Å². The zero-order chi connectivity index (χ0) is 44.0. The van der Waals surface area contributed by atoms with Crippen molar-refractivity contribution in [2.45, 2.75) is 304 Å². The lowest BCUT2D eigenvalue weighted by Gasteiger charge is -2.18. The topological polar surface area (TPSA) is 78.9 Å². The highest BCUT2D eigenvalue weighted by atomic mass is 16.6. The maximum atomic E-state index is 12.8. The summed E-state index contributed by atoms with van der Waals surface area (Å²) in [6.07, 6.45) is 48.1. The van der Waals surface area contributed by atoms with Gasteiger partial charge in [-0.15, -0.1) is 0 Å². The van der Waals surface area contributed by atoms with Crippen molar-refractivity contribution < 1.29 is 28.6 Å². The molecular weight excluding hydrogens is 745 g/mol.